The molecule has 5 heterocycles. The number of nitrogens with zero attached hydrogens (tertiary/aromatic N) is 5. The van der Waals surface area contributed by atoms with Crippen molar-refractivity contribution in [3.63, 3.8) is 0 Å². The van der Waals surface area contributed by atoms with Crippen molar-refractivity contribution in [3.8, 4) is 11.5 Å². The fraction of sp³-hybridized carbons (Fsp3) is 0.667. The molecule has 2 saturated heterocycles. The quantitative estimate of drug-likeness (QED) is 0.632. The summed E-state index contributed by atoms with van der Waals surface area (Å²) in [5, 5.41) is 8.32. The van der Waals surface area contributed by atoms with Gasteiger partial charge >= 0.3 is 0 Å². The molecule has 9 heteroatoms. The number of halogens is 2. The van der Waals surface area contributed by atoms with E-state index in [-0.39, 0.29) is 36.5 Å². The number of imidazole rings is 1. The van der Waals surface area contributed by atoms with Crippen LogP contribution in [0.15, 0.2) is 30.1 Å². The molecule has 3 aliphatic rings. The van der Waals surface area contributed by atoms with Gasteiger partial charge in [-0.25, -0.2) is 4.98 Å². The van der Waals surface area contributed by atoms with E-state index in [1.54, 1.807) is 0 Å². The summed E-state index contributed by atoms with van der Waals surface area (Å²) in [6.07, 6.45) is 12.3. The van der Waals surface area contributed by atoms with Crippen molar-refractivity contribution >= 4 is 24.8 Å². The van der Waals surface area contributed by atoms with Gasteiger partial charge in [-0.15, -0.1) is 24.8 Å². The zero-order valence-electron chi connectivity index (χ0n) is 19.8. The minimum absolute atomic E-state index is 0. The number of hydrogen-bond donors (Lipinski definition) is 1. The lowest BCUT2D eigenvalue weighted by atomic mass is 9.88. The second-order valence-corrected chi connectivity index (χ2v) is 9.72. The zero-order valence-corrected chi connectivity index (χ0v) is 21.5. The van der Waals surface area contributed by atoms with E-state index in [0.717, 1.165) is 83.0 Å². The first-order chi connectivity index (χ1) is 15.1. The predicted octanol–water partition coefficient (Wildman–Crippen LogP) is 4.06. The highest BCUT2D eigenvalue weighted by Crippen LogP contribution is 2.39. The van der Waals surface area contributed by atoms with Crippen molar-refractivity contribution in [2.75, 3.05) is 26.2 Å². The molecule has 2 aromatic rings. The summed E-state index contributed by atoms with van der Waals surface area (Å²) in [7, 11) is 0. The van der Waals surface area contributed by atoms with Gasteiger partial charge in [0.15, 0.2) is 5.82 Å². The van der Waals surface area contributed by atoms with Crippen LogP contribution in [0, 0.1) is 0 Å². The van der Waals surface area contributed by atoms with Crippen LogP contribution in [0.25, 0.3) is 11.5 Å². The number of rotatable bonds is 5. The molecule has 0 aliphatic carbocycles. The Labute approximate surface area is 209 Å². The zero-order chi connectivity index (χ0) is 21.3. The van der Waals surface area contributed by atoms with Gasteiger partial charge in [0.05, 0.1) is 23.9 Å². The summed E-state index contributed by atoms with van der Waals surface area (Å²) in [5.41, 5.74) is 3.71. The maximum Gasteiger partial charge on any atom is 0.160 e. The Kier molecular flexibility index (Phi) is 9.03. The number of hydrogen-bond acceptors (Lipinski definition) is 5. The molecule has 33 heavy (non-hydrogen) atoms. The third kappa shape index (κ3) is 6.01. The molecule has 2 aromatic heterocycles. The molecule has 0 bridgehead atoms. The summed E-state index contributed by atoms with van der Waals surface area (Å²) in [6.45, 7) is 11.5. The molecular formula is C24H38Cl2N6O. The minimum atomic E-state index is 0. The van der Waals surface area contributed by atoms with E-state index in [0.29, 0.717) is 0 Å². The molecule has 0 saturated carbocycles. The van der Waals surface area contributed by atoms with Gasteiger partial charge in [0.1, 0.15) is 5.69 Å². The lowest BCUT2D eigenvalue weighted by molar-refractivity contribution is -0.0794. The summed E-state index contributed by atoms with van der Waals surface area (Å²) in [5.74, 6) is 0.960. The minimum Gasteiger partial charge on any atom is -0.370 e. The number of ether oxygens (including phenoxy) is 1. The third-order valence-electron chi connectivity index (χ3n) is 7.10. The van der Waals surface area contributed by atoms with Crippen molar-refractivity contribution in [3.05, 3.63) is 35.8 Å². The van der Waals surface area contributed by atoms with Crippen molar-refractivity contribution in [1.82, 2.24) is 29.5 Å². The van der Waals surface area contributed by atoms with Gasteiger partial charge < -0.3 is 14.6 Å². The smallest absolute Gasteiger partial charge is 0.160 e. The number of likely N-dealkylation sites (tertiary alicyclic amines) is 1. The van der Waals surface area contributed by atoms with Crippen molar-refractivity contribution in [2.24, 2.45) is 0 Å². The van der Waals surface area contributed by atoms with Crippen LogP contribution in [-0.4, -0.2) is 62.1 Å². The van der Waals surface area contributed by atoms with Gasteiger partial charge in [0.25, 0.3) is 0 Å². The highest BCUT2D eigenvalue weighted by atomic mass is 35.5. The lowest BCUT2D eigenvalue weighted by Gasteiger charge is -2.39. The van der Waals surface area contributed by atoms with Gasteiger partial charge in [-0.1, -0.05) is 11.6 Å². The van der Waals surface area contributed by atoms with E-state index in [4.69, 9.17) is 9.84 Å². The van der Waals surface area contributed by atoms with Gasteiger partial charge in [0, 0.05) is 45.1 Å². The van der Waals surface area contributed by atoms with Crippen LogP contribution in [0.1, 0.15) is 51.6 Å². The number of fused-ring (bicyclic) bond motifs is 1. The first-order valence-corrected chi connectivity index (χ1v) is 11.9. The van der Waals surface area contributed by atoms with Gasteiger partial charge in [0.2, 0.25) is 0 Å². The SMILES string of the molecule is CC(C)=CCN1CCC2(CCC(Cn3ccnc3-c3cc4n(n3)CCCNC4)O2)CC1.Cl.Cl. The summed E-state index contributed by atoms with van der Waals surface area (Å²) in [4.78, 5) is 7.20. The standard InChI is InChI=1S/C24H36N6O.2ClH/c1-19(2)5-12-28-13-7-24(8-14-28)6-4-21(31-24)18-29-15-10-26-23(29)22-16-20-17-25-9-3-11-30(20)27-22;;/h5,10,15-16,21,25H,3-4,6-9,11-14,17-18H2,1-2H3;2*1H. The molecule has 1 spiro atoms. The molecular weight excluding hydrogens is 459 g/mol. The van der Waals surface area contributed by atoms with E-state index in [1.807, 2.05) is 6.20 Å². The molecule has 3 aliphatic heterocycles. The van der Waals surface area contributed by atoms with Crippen molar-refractivity contribution in [2.45, 2.75) is 77.3 Å². The Morgan fingerprint density at radius 1 is 1.21 bits per heavy atom. The van der Waals surface area contributed by atoms with Gasteiger partial charge in [-0.3, -0.25) is 9.58 Å². The van der Waals surface area contributed by atoms with E-state index in [9.17, 15) is 0 Å². The molecule has 0 amide bonds. The summed E-state index contributed by atoms with van der Waals surface area (Å²) < 4.78 is 11.1. The highest BCUT2D eigenvalue weighted by Gasteiger charge is 2.42. The molecule has 0 radical (unpaired) electrons. The average molecular weight is 498 g/mol. The maximum atomic E-state index is 6.70. The Morgan fingerprint density at radius 3 is 2.82 bits per heavy atom. The second-order valence-electron chi connectivity index (χ2n) is 9.72. The molecule has 0 aromatic carbocycles. The fourth-order valence-electron chi connectivity index (χ4n) is 5.23. The van der Waals surface area contributed by atoms with Crippen LogP contribution >= 0.6 is 24.8 Å². The van der Waals surface area contributed by atoms with E-state index in [2.05, 4.69) is 56.6 Å². The lowest BCUT2D eigenvalue weighted by Crippen LogP contribution is -2.44. The van der Waals surface area contributed by atoms with E-state index in [1.165, 1.54) is 17.7 Å². The number of aromatic nitrogens is 4. The first kappa shape index (κ1) is 26.2. The van der Waals surface area contributed by atoms with Crippen LogP contribution in [0.3, 0.4) is 0 Å². The normalized spacial score (nSPS) is 22.2. The predicted molar refractivity (Wildman–Crippen MR) is 136 cm³/mol. The number of allylic oxidation sites excluding steroid dienone is 1. The number of aryl methyl sites for hydroxylation is 1. The molecule has 1 unspecified atom stereocenters. The second kappa shape index (κ2) is 11.4. The average Bonchev–Trinajstić information content (AvgIpc) is 3.44. The Bertz CT molecular complexity index is 904. The Balaban J connectivity index is 0.00000153. The number of nitrogens with one attached hydrogen (secondary N) is 1. The largest absolute Gasteiger partial charge is 0.370 e. The highest BCUT2D eigenvalue weighted by molar-refractivity contribution is 5.85. The Hall–Kier alpha value is -1.38. The number of piperidine rings is 1. The Morgan fingerprint density at radius 2 is 2.03 bits per heavy atom. The molecule has 1 atom stereocenters. The topological polar surface area (TPSA) is 60.1 Å². The third-order valence-corrected chi connectivity index (χ3v) is 7.10. The summed E-state index contributed by atoms with van der Waals surface area (Å²) >= 11 is 0. The van der Waals surface area contributed by atoms with E-state index >= 15 is 0 Å². The molecule has 7 nitrogen and oxygen atoms in total. The first-order valence-electron chi connectivity index (χ1n) is 11.9. The maximum absolute atomic E-state index is 6.70. The van der Waals surface area contributed by atoms with E-state index < -0.39 is 0 Å². The van der Waals surface area contributed by atoms with Crippen LogP contribution in [0.5, 0.6) is 0 Å². The van der Waals surface area contributed by atoms with Crippen LogP contribution in [-0.2, 0) is 24.4 Å². The monoisotopic (exact) mass is 496 g/mol. The van der Waals surface area contributed by atoms with Crippen molar-refractivity contribution < 1.29 is 4.74 Å². The van der Waals surface area contributed by atoms with Crippen LogP contribution in [0.2, 0.25) is 0 Å². The molecule has 2 fully saturated rings. The molecule has 1 N–H and O–H groups in total. The van der Waals surface area contributed by atoms with Crippen LogP contribution in [0.4, 0.5) is 0 Å². The van der Waals surface area contributed by atoms with Crippen LogP contribution < -0.4 is 5.32 Å². The molecule has 184 valence electrons. The van der Waals surface area contributed by atoms with Crippen molar-refractivity contribution in [1.29, 1.82) is 0 Å². The molecule has 5 rings (SSSR count). The van der Waals surface area contributed by atoms with Gasteiger partial charge in [-0.05, 0) is 58.6 Å². The van der Waals surface area contributed by atoms with Gasteiger partial charge in [-0.2, -0.15) is 5.10 Å². The fourth-order valence-corrected chi connectivity index (χ4v) is 5.23. The summed E-state index contributed by atoms with van der Waals surface area (Å²) in [6, 6.07) is 2.19.